The summed E-state index contributed by atoms with van der Waals surface area (Å²) in [6, 6.07) is 6.17. The van der Waals surface area contributed by atoms with Crippen LogP contribution in [0.2, 0.25) is 0 Å². The van der Waals surface area contributed by atoms with Gasteiger partial charge >= 0.3 is 0 Å². The maximum absolute atomic E-state index is 5.99. The van der Waals surface area contributed by atoms with E-state index in [0.29, 0.717) is 12.4 Å². The minimum Gasteiger partial charge on any atom is -0.496 e. The Balaban J connectivity index is 1.84. The van der Waals surface area contributed by atoms with Gasteiger partial charge in [-0.3, -0.25) is 4.90 Å². The zero-order valence-electron chi connectivity index (χ0n) is 16.8. The number of aryl methyl sites for hydroxylation is 3. The molecule has 2 aromatic heterocycles. The molecule has 0 spiro atoms. The average Bonchev–Trinajstić information content (AvgIpc) is 3.03. The highest BCUT2D eigenvalue weighted by atomic mass is 16.5. The number of aromatic nitrogens is 3. The molecule has 0 saturated carbocycles. The summed E-state index contributed by atoms with van der Waals surface area (Å²) in [5.41, 5.74) is 5.05. The van der Waals surface area contributed by atoms with E-state index in [2.05, 4.69) is 34.9 Å². The fourth-order valence-corrected chi connectivity index (χ4v) is 3.08. The molecule has 0 N–H and O–H groups in total. The molecule has 3 aromatic rings. The van der Waals surface area contributed by atoms with Crippen LogP contribution in [0.1, 0.15) is 41.2 Å². The van der Waals surface area contributed by atoms with Gasteiger partial charge in [0.15, 0.2) is 0 Å². The highest BCUT2D eigenvalue weighted by molar-refractivity contribution is 5.62. The van der Waals surface area contributed by atoms with Crippen LogP contribution < -0.4 is 4.74 Å². The van der Waals surface area contributed by atoms with Crippen molar-refractivity contribution in [3.63, 3.8) is 0 Å². The molecular weight excluding hydrogens is 340 g/mol. The van der Waals surface area contributed by atoms with Crippen LogP contribution in [0, 0.1) is 20.8 Å². The van der Waals surface area contributed by atoms with Gasteiger partial charge in [0.1, 0.15) is 17.8 Å². The van der Waals surface area contributed by atoms with E-state index in [1.54, 1.807) is 19.6 Å². The molecule has 1 atom stereocenters. The number of ether oxygens (including phenoxy) is 1. The Morgan fingerprint density at radius 1 is 1.19 bits per heavy atom. The Labute approximate surface area is 160 Å². The standard InChI is InChI=1S/C21H26N4O2/c1-13-10-20(26-6)14(2)9-17(13)21-24-19(16(4)27-21)11-25(5)15(3)18-7-8-22-12-23-18/h7-10,12,15H,11H2,1-6H3. The second-order valence-corrected chi connectivity index (χ2v) is 6.88. The summed E-state index contributed by atoms with van der Waals surface area (Å²) in [7, 11) is 3.74. The fraction of sp³-hybridized carbons (Fsp3) is 0.381. The molecule has 3 rings (SSSR count). The molecule has 6 heteroatoms. The molecule has 0 aliphatic carbocycles. The molecule has 0 radical (unpaired) electrons. The molecule has 0 aliphatic rings. The zero-order chi connectivity index (χ0) is 19.6. The molecule has 1 unspecified atom stereocenters. The first-order chi connectivity index (χ1) is 12.9. The van der Waals surface area contributed by atoms with Crippen LogP contribution in [-0.4, -0.2) is 34.0 Å². The van der Waals surface area contributed by atoms with Crippen molar-refractivity contribution in [2.75, 3.05) is 14.2 Å². The van der Waals surface area contributed by atoms with Crippen molar-refractivity contribution in [1.29, 1.82) is 0 Å². The Bertz CT molecular complexity index is 921. The lowest BCUT2D eigenvalue weighted by Crippen LogP contribution is -2.23. The van der Waals surface area contributed by atoms with Gasteiger partial charge in [0.05, 0.1) is 18.5 Å². The van der Waals surface area contributed by atoms with Crippen molar-refractivity contribution < 1.29 is 9.15 Å². The van der Waals surface area contributed by atoms with Crippen molar-refractivity contribution in [2.45, 2.75) is 40.3 Å². The van der Waals surface area contributed by atoms with E-state index in [1.165, 1.54) is 0 Å². The normalized spacial score (nSPS) is 12.4. The molecule has 2 heterocycles. The second kappa shape index (κ2) is 7.88. The highest BCUT2D eigenvalue weighted by Gasteiger charge is 2.19. The number of nitrogens with zero attached hydrogens (tertiary/aromatic N) is 4. The molecule has 0 bridgehead atoms. The fourth-order valence-electron chi connectivity index (χ4n) is 3.08. The van der Waals surface area contributed by atoms with Gasteiger partial charge in [-0.05, 0) is 64.1 Å². The van der Waals surface area contributed by atoms with Crippen LogP contribution in [0.25, 0.3) is 11.5 Å². The van der Waals surface area contributed by atoms with E-state index in [-0.39, 0.29) is 6.04 Å². The maximum atomic E-state index is 5.99. The van der Waals surface area contributed by atoms with Gasteiger partial charge in [0.25, 0.3) is 0 Å². The molecule has 142 valence electrons. The Hall–Kier alpha value is -2.73. The SMILES string of the molecule is COc1cc(C)c(-c2nc(CN(C)C(C)c3ccncn3)c(C)o2)cc1C. The lowest BCUT2D eigenvalue weighted by molar-refractivity contribution is 0.244. The Kier molecular flexibility index (Phi) is 5.56. The minimum absolute atomic E-state index is 0.150. The number of methoxy groups -OCH3 is 1. The monoisotopic (exact) mass is 366 g/mol. The van der Waals surface area contributed by atoms with Crippen molar-refractivity contribution in [3.05, 3.63) is 59.0 Å². The quantitative estimate of drug-likeness (QED) is 0.649. The zero-order valence-corrected chi connectivity index (χ0v) is 16.8. The Morgan fingerprint density at radius 2 is 1.96 bits per heavy atom. The lowest BCUT2D eigenvalue weighted by atomic mass is 10.0. The number of oxazole rings is 1. The first kappa shape index (κ1) is 19.0. The molecule has 0 aliphatic heterocycles. The van der Waals surface area contributed by atoms with Gasteiger partial charge in [-0.1, -0.05) is 0 Å². The van der Waals surface area contributed by atoms with Crippen molar-refractivity contribution in [2.24, 2.45) is 0 Å². The first-order valence-electron chi connectivity index (χ1n) is 8.98. The van der Waals surface area contributed by atoms with Gasteiger partial charge in [-0.15, -0.1) is 0 Å². The number of benzene rings is 1. The smallest absolute Gasteiger partial charge is 0.226 e. The van der Waals surface area contributed by atoms with Crippen LogP contribution in [-0.2, 0) is 6.54 Å². The molecule has 1 aromatic carbocycles. The molecule has 0 fully saturated rings. The average molecular weight is 366 g/mol. The molecular formula is C21H26N4O2. The van der Waals surface area contributed by atoms with Gasteiger partial charge in [0.2, 0.25) is 5.89 Å². The van der Waals surface area contributed by atoms with Gasteiger partial charge < -0.3 is 9.15 Å². The third kappa shape index (κ3) is 4.01. The van der Waals surface area contributed by atoms with Crippen molar-refractivity contribution in [1.82, 2.24) is 19.9 Å². The van der Waals surface area contributed by atoms with E-state index in [0.717, 1.165) is 39.6 Å². The van der Waals surface area contributed by atoms with E-state index < -0.39 is 0 Å². The van der Waals surface area contributed by atoms with Crippen LogP contribution in [0.3, 0.4) is 0 Å². The largest absolute Gasteiger partial charge is 0.496 e. The van der Waals surface area contributed by atoms with Crippen LogP contribution in [0.5, 0.6) is 5.75 Å². The summed E-state index contributed by atoms with van der Waals surface area (Å²) in [5.74, 6) is 2.35. The van der Waals surface area contributed by atoms with E-state index >= 15 is 0 Å². The predicted octanol–water partition coefficient (Wildman–Crippen LogP) is 4.26. The van der Waals surface area contributed by atoms with Crippen LogP contribution >= 0.6 is 0 Å². The number of rotatable bonds is 6. The summed E-state index contributed by atoms with van der Waals surface area (Å²) in [5, 5.41) is 0. The van der Waals surface area contributed by atoms with E-state index in [9.17, 15) is 0 Å². The minimum atomic E-state index is 0.150. The highest BCUT2D eigenvalue weighted by Crippen LogP contribution is 2.31. The number of hydrogen-bond donors (Lipinski definition) is 0. The topological polar surface area (TPSA) is 64.3 Å². The predicted molar refractivity (Wildman–Crippen MR) is 105 cm³/mol. The van der Waals surface area contributed by atoms with E-state index in [4.69, 9.17) is 14.1 Å². The third-order valence-corrected chi connectivity index (χ3v) is 4.96. The van der Waals surface area contributed by atoms with Crippen molar-refractivity contribution >= 4 is 0 Å². The maximum Gasteiger partial charge on any atom is 0.226 e. The summed E-state index contributed by atoms with van der Waals surface area (Å²) in [6.07, 6.45) is 3.34. The summed E-state index contributed by atoms with van der Waals surface area (Å²) < 4.78 is 11.4. The molecule has 27 heavy (non-hydrogen) atoms. The third-order valence-electron chi connectivity index (χ3n) is 4.96. The molecule has 0 saturated heterocycles. The van der Waals surface area contributed by atoms with E-state index in [1.807, 2.05) is 32.9 Å². The lowest BCUT2D eigenvalue weighted by Gasteiger charge is -2.23. The van der Waals surface area contributed by atoms with Crippen molar-refractivity contribution in [3.8, 4) is 17.2 Å². The van der Waals surface area contributed by atoms with Gasteiger partial charge in [-0.25, -0.2) is 15.0 Å². The van der Waals surface area contributed by atoms with Crippen LogP contribution in [0.4, 0.5) is 0 Å². The van der Waals surface area contributed by atoms with Gasteiger partial charge in [0, 0.05) is 24.3 Å². The number of hydrogen-bond acceptors (Lipinski definition) is 6. The Morgan fingerprint density at radius 3 is 2.63 bits per heavy atom. The summed E-state index contributed by atoms with van der Waals surface area (Å²) in [4.78, 5) is 15.3. The summed E-state index contributed by atoms with van der Waals surface area (Å²) in [6.45, 7) is 8.82. The van der Waals surface area contributed by atoms with Gasteiger partial charge in [-0.2, -0.15) is 0 Å². The summed E-state index contributed by atoms with van der Waals surface area (Å²) >= 11 is 0. The molecule has 6 nitrogen and oxygen atoms in total. The van der Waals surface area contributed by atoms with Crippen LogP contribution in [0.15, 0.2) is 35.1 Å². The first-order valence-corrected chi connectivity index (χ1v) is 8.98. The molecule has 0 amide bonds. The second-order valence-electron chi connectivity index (χ2n) is 6.88.